The van der Waals surface area contributed by atoms with Gasteiger partial charge in [-0.15, -0.1) is 0 Å². The fraction of sp³-hybridized carbons (Fsp3) is 0.273. The van der Waals surface area contributed by atoms with Crippen LogP contribution in [0.1, 0.15) is 20.7 Å². The third-order valence-electron chi connectivity index (χ3n) is 2.85. The summed E-state index contributed by atoms with van der Waals surface area (Å²) in [4.78, 5) is 22.6. The Morgan fingerprint density at radius 1 is 1.12 bits per heavy atom. The molecule has 5 heteroatoms. The van der Waals surface area contributed by atoms with Gasteiger partial charge < -0.3 is 9.16 Å². The average Bonchev–Trinajstić information content (AvgIpc) is 2.54. The first-order valence-corrected chi connectivity index (χ1v) is 7.83. The number of ether oxygens (including phenoxy) is 1. The van der Waals surface area contributed by atoms with Crippen molar-refractivity contribution in [3.8, 4) is 0 Å². The first kappa shape index (κ1) is 11.0. The molecule has 0 atom stereocenters. The minimum absolute atomic E-state index is 0.342. The van der Waals surface area contributed by atoms with E-state index in [1.165, 1.54) is 0 Å². The molecule has 1 aromatic carbocycles. The minimum Gasteiger partial charge on any atom is -0.416 e. The molecule has 0 fully saturated rings. The third kappa shape index (κ3) is 1.58. The maximum Gasteiger partial charge on any atom is 0.346 e. The molecule has 0 bridgehead atoms. The largest absolute Gasteiger partial charge is 0.416 e. The summed E-state index contributed by atoms with van der Waals surface area (Å²) < 4.78 is 9.98. The number of benzene rings is 1. The molecule has 1 heterocycles. The van der Waals surface area contributed by atoms with Gasteiger partial charge in [-0.3, -0.25) is 0 Å². The SMILES string of the molecule is CO[Si](C)(C)c1ccc2c(c1)C(=O)OC2=O. The Bertz CT molecular complexity index is 479. The van der Waals surface area contributed by atoms with Gasteiger partial charge >= 0.3 is 11.9 Å². The Hall–Kier alpha value is -1.46. The lowest BCUT2D eigenvalue weighted by Crippen LogP contribution is -2.43. The fourth-order valence-electron chi connectivity index (χ4n) is 1.58. The molecular weight excluding hydrogens is 224 g/mol. The average molecular weight is 236 g/mol. The zero-order valence-corrected chi connectivity index (χ0v) is 10.4. The minimum atomic E-state index is -1.97. The standard InChI is InChI=1S/C11H12O4Si/c1-14-16(2,3)7-4-5-8-9(6-7)11(13)15-10(8)12/h4-6H,1-3H3. The molecule has 1 aliphatic rings. The van der Waals surface area contributed by atoms with Crippen LogP contribution in [-0.4, -0.2) is 27.4 Å². The predicted molar refractivity (Wildman–Crippen MR) is 60.3 cm³/mol. The van der Waals surface area contributed by atoms with E-state index in [9.17, 15) is 9.59 Å². The van der Waals surface area contributed by atoms with Gasteiger partial charge in [0.15, 0.2) is 0 Å². The monoisotopic (exact) mass is 236 g/mol. The van der Waals surface area contributed by atoms with Crippen molar-refractivity contribution in [2.45, 2.75) is 13.1 Å². The number of hydrogen-bond donors (Lipinski definition) is 0. The highest BCUT2D eigenvalue weighted by atomic mass is 28.4. The maximum atomic E-state index is 11.4. The Morgan fingerprint density at radius 3 is 2.38 bits per heavy atom. The molecule has 0 unspecified atom stereocenters. The Balaban J connectivity index is 2.52. The van der Waals surface area contributed by atoms with Gasteiger partial charge in [-0.05, 0) is 30.4 Å². The van der Waals surface area contributed by atoms with Crippen LogP contribution in [0, 0.1) is 0 Å². The molecule has 2 rings (SSSR count). The van der Waals surface area contributed by atoms with Crippen molar-refractivity contribution in [3.63, 3.8) is 0 Å². The predicted octanol–water partition coefficient (Wildman–Crippen LogP) is 1.06. The van der Waals surface area contributed by atoms with Crippen LogP contribution in [0.4, 0.5) is 0 Å². The van der Waals surface area contributed by atoms with Gasteiger partial charge in [0.1, 0.15) is 0 Å². The number of fused-ring (bicyclic) bond motifs is 1. The lowest BCUT2D eigenvalue weighted by Gasteiger charge is -2.20. The van der Waals surface area contributed by atoms with Crippen molar-refractivity contribution < 1.29 is 18.8 Å². The van der Waals surface area contributed by atoms with Crippen LogP contribution in [0.2, 0.25) is 13.1 Å². The van der Waals surface area contributed by atoms with Crippen molar-refractivity contribution in [1.29, 1.82) is 0 Å². The van der Waals surface area contributed by atoms with Crippen molar-refractivity contribution in [3.05, 3.63) is 29.3 Å². The van der Waals surface area contributed by atoms with E-state index in [4.69, 9.17) is 4.43 Å². The molecular formula is C11H12O4Si. The molecule has 0 radical (unpaired) electrons. The van der Waals surface area contributed by atoms with E-state index in [0.29, 0.717) is 11.1 Å². The smallest absolute Gasteiger partial charge is 0.346 e. The van der Waals surface area contributed by atoms with E-state index in [2.05, 4.69) is 4.74 Å². The van der Waals surface area contributed by atoms with Gasteiger partial charge in [0, 0.05) is 7.11 Å². The summed E-state index contributed by atoms with van der Waals surface area (Å²) >= 11 is 0. The highest BCUT2D eigenvalue weighted by Crippen LogP contribution is 2.19. The normalized spacial score (nSPS) is 14.9. The van der Waals surface area contributed by atoms with Gasteiger partial charge in [0.25, 0.3) is 0 Å². The Morgan fingerprint density at radius 2 is 1.75 bits per heavy atom. The lowest BCUT2D eigenvalue weighted by molar-refractivity contribution is 0.0444. The van der Waals surface area contributed by atoms with Crippen molar-refractivity contribution in [1.82, 2.24) is 0 Å². The van der Waals surface area contributed by atoms with E-state index in [-0.39, 0.29) is 0 Å². The van der Waals surface area contributed by atoms with Gasteiger partial charge in [-0.1, -0.05) is 6.07 Å². The maximum absolute atomic E-state index is 11.4. The molecule has 0 aliphatic carbocycles. The number of carbonyl (C=O) groups excluding carboxylic acids is 2. The summed E-state index contributed by atoms with van der Waals surface area (Å²) in [6, 6.07) is 5.17. The second-order valence-corrected chi connectivity index (χ2v) is 8.16. The van der Waals surface area contributed by atoms with Gasteiger partial charge in [0.2, 0.25) is 8.32 Å². The summed E-state index contributed by atoms with van der Waals surface area (Å²) in [5.74, 6) is -1.13. The Kier molecular flexibility index (Phi) is 2.44. The number of rotatable bonds is 2. The molecule has 0 spiro atoms. The van der Waals surface area contributed by atoms with Crippen LogP contribution in [0.25, 0.3) is 0 Å². The van der Waals surface area contributed by atoms with E-state index in [1.807, 2.05) is 19.2 Å². The summed E-state index contributed by atoms with van der Waals surface area (Å²) in [5, 5.41) is 0.973. The van der Waals surface area contributed by atoms with E-state index in [1.54, 1.807) is 19.2 Å². The van der Waals surface area contributed by atoms with Crippen molar-refractivity contribution >= 4 is 25.4 Å². The molecule has 0 saturated carbocycles. The van der Waals surface area contributed by atoms with Crippen LogP contribution in [0.15, 0.2) is 18.2 Å². The molecule has 0 amide bonds. The highest BCUT2D eigenvalue weighted by molar-refractivity contribution is 6.84. The highest BCUT2D eigenvalue weighted by Gasteiger charge is 2.32. The van der Waals surface area contributed by atoms with E-state index in [0.717, 1.165) is 5.19 Å². The van der Waals surface area contributed by atoms with E-state index < -0.39 is 20.3 Å². The molecule has 84 valence electrons. The lowest BCUT2D eigenvalue weighted by atomic mass is 10.1. The molecule has 0 saturated heterocycles. The fourth-order valence-corrected chi connectivity index (χ4v) is 2.79. The molecule has 0 N–H and O–H groups in total. The van der Waals surface area contributed by atoms with Crippen LogP contribution >= 0.6 is 0 Å². The van der Waals surface area contributed by atoms with E-state index >= 15 is 0 Å². The molecule has 4 nitrogen and oxygen atoms in total. The number of cyclic esters (lactones) is 2. The molecule has 0 aromatic heterocycles. The molecule has 1 aliphatic heterocycles. The first-order chi connectivity index (χ1) is 7.45. The topological polar surface area (TPSA) is 52.6 Å². The zero-order valence-electron chi connectivity index (χ0n) is 9.37. The second-order valence-electron chi connectivity index (χ2n) is 4.15. The van der Waals surface area contributed by atoms with Crippen molar-refractivity contribution in [2.75, 3.05) is 7.11 Å². The third-order valence-corrected chi connectivity index (χ3v) is 5.57. The summed E-state index contributed by atoms with van der Waals surface area (Å²) in [6.45, 7) is 4.05. The molecule has 1 aromatic rings. The number of carbonyl (C=O) groups is 2. The quantitative estimate of drug-likeness (QED) is 0.437. The number of hydrogen-bond acceptors (Lipinski definition) is 4. The van der Waals surface area contributed by atoms with Gasteiger partial charge in [0.05, 0.1) is 11.1 Å². The number of esters is 2. The zero-order chi connectivity index (χ0) is 11.9. The van der Waals surface area contributed by atoms with Crippen LogP contribution in [0.3, 0.4) is 0 Å². The second kappa shape index (κ2) is 3.53. The summed E-state index contributed by atoms with van der Waals surface area (Å²) in [7, 11) is -0.311. The van der Waals surface area contributed by atoms with Crippen LogP contribution in [0.5, 0.6) is 0 Å². The summed E-state index contributed by atoms with van der Waals surface area (Å²) in [5.41, 5.74) is 0.690. The van der Waals surface area contributed by atoms with Crippen molar-refractivity contribution in [2.24, 2.45) is 0 Å². The summed E-state index contributed by atoms with van der Waals surface area (Å²) in [6.07, 6.45) is 0. The van der Waals surface area contributed by atoms with Gasteiger partial charge in [-0.2, -0.15) is 0 Å². The first-order valence-electron chi connectivity index (χ1n) is 4.92. The van der Waals surface area contributed by atoms with Crippen LogP contribution in [-0.2, 0) is 9.16 Å². The Labute approximate surface area is 94.3 Å². The molecule has 16 heavy (non-hydrogen) atoms. The van der Waals surface area contributed by atoms with Gasteiger partial charge in [-0.25, -0.2) is 9.59 Å². The van der Waals surface area contributed by atoms with Crippen LogP contribution < -0.4 is 5.19 Å².